The molecule has 2 nitrogen and oxygen atoms in total. The minimum atomic E-state index is 0.279. The van der Waals surface area contributed by atoms with Crippen LogP contribution in [0.3, 0.4) is 0 Å². The SMILES string of the molecule is CCc1ccc(N(C)Cc2cc(Cl)ccc2O)cc1. The topological polar surface area (TPSA) is 23.5 Å². The Morgan fingerprint density at radius 2 is 1.79 bits per heavy atom. The van der Waals surface area contributed by atoms with Crippen LogP contribution in [0.15, 0.2) is 42.5 Å². The van der Waals surface area contributed by atoms with Gasteiger partial charge in [-0.25, -0.2) is 0 Å². The molecule has 0 spiro atoms. The molecule has 0 bridgehead atoms. The second-order valence-corrected chi connectivity index (χ2v) is 5.09. The molecule has 1 N–H and O–H groups in total. The second kappa shape index (κ2) is 5.98. The van der Waals surface area contributed by atoms with Crippen molar-refractivity contribution < 1.29 is 5.11 Å². The first kappa shape index (κ1) is 13.8. The second-order valence-electron chi connectivity index (χ2n) is 4.65. The van der Waals surface area contributed by atoms with Gasteiger partial charge in [-0.3, -0.25) is 0 Å². The molecule has 0 saturated carbocycles. The Morgan fingerprint density at radius 1 is 1.11 bits per heavy atom. The number of aromatic hydroxyl groups is 1. The molecule has 3 heteroatoms. The van der Waals surface area contributed by atoms with Gasteiger partial charge in [0.1, 0.15) is 5.75 Å². The lowest BCUT2D eigenvalue weighted by molar-refractivity contribution is 0.468. The van der Waals surface area contributed by atoms with Crippen molar-refractivity contribution in [3.05, 3.63) is 58.6 Å². The zero-order valence-corrected chi connectivity index (χ0v) is 12.0. The Labute approximate surface area is 119 Å². The third kappa shape index (κ3) is 3.42. The number of aryl methyl sites for hydroxylation is 1. The van der Waals surface area contributed by atoms with Gasteiger partial charge in [0.05, 0.1) is 0 Å². The standard InChI is InChI=1S/C16H18ClNO/c1-3-12-4-7-15(8-5-12)18(2)11-13-10-14(17)6-9-16(13)19/h4-10,19H,3,11H2,1-2H3. The molecule has 0 aliphatic rings. The maximum Gasteiger partial charge on any atom is 0.120 e. The summed E-state index contributed by atoms with van der Waals surface area (Å²) in [6.45, 7) is 2.76. The lowest BCUT2D eigenvalue weighted by atomic mass is 10.1. The van der Waals surface area contributed by atoms with E-state index in [1.165, 1.54) is 5.56 Å². The van der Waals surface area contributed by atoms with E-state index < -0.39 is 0 Å². The van der Waals surface area contributed by atoms with Gasteiger partial charge >= 0.3 is 0 Å². The molecule has 19 heavy (non-hydrogen) atoms. The molecule has 2 aromatic carbocycles. The highest BCUT2D eigenvalue weighted by Gasteiger charge is 2.07. The van der Waals surface area contributed by atoms with Gasteiger partial charge < -0.3 is 10.0 Å². The summed E-state index contributed by atoms with van der Waals surface area (Å²) in [5, 5.41) is 10.5. The van der Waals surface area contributed by atoms with E-state index in [-0.39, 0.29) is 5.75 Å². The maximum absolute atomic E-state index is 9.83. The van der Waals surface area contributed by atoms with Gasteiger partial charge in [0.2, 0.25) is 0 Å². The van der Waals surface area contributed by atoms with Gasteiger partial charge in [0.25, 0.3) is 0 Å². The van der Waals surface area contributed by atoms with Gasteiger partial charge in [0, 0.05) is 29.9 Å². The van der Waals surface area contributed by atoms with Crippen LogP contribution in [0, 0.1) is 0 Å². The van der Waals surface area contributed by atoms with Crippen LogP contribution in [0.4, 0.5) is 5.69 Å². The highest BCUT2D eigenvalue weighted by molar-refractivity contribution is 6.30. The van der Waals surface area contributed by atoms with E-state index in [0.717, 1.165) is 17.7 Å². The number of hydrogen-bond acceptors (Lipinski definition) is 2. The minimum absolute atomic E-state index is 0.279. The van der Waals surface area contributed by atoms with Crippen LogP contribution in [0.2, 0.25) is 5.02 Å². The largest absolute Gasteiger partial charge is 0.508 e. The average Bonchev–Trinajstić information content (AvgIpc) is 2.43. The van der Waals surface area contributed by atoms with Gasteiger partial charge in [-0.15, -0.1) is 0 Å². The van der Waals surface area contributed by atoms with E-state index >= 15 is 0 Å². The first-order chi connectivity index (χ1) is 9.10. The van der Waals surface area contributed by atoms with E-state index in [9.17, 15) is 5.11 Å². The van der Waals surface area contributed by atoms with Crippen LogP contribution in [0.25, 0.3) is 0 Å². The van der Waals surface area contributed by atoms with Crippen LogP contribution in [0.5, 0.6) is 5.75 Å². The zero-order chi connectivity index (χ0) is 13.8. The summed E-state index contributed by atoms with van der Waals surface area (Å²) in [6, 6.07) is 13.6. The summed E-state index contributed by atoms with van der Waals surface area (Å²) >= 11 is 5.96. The number of halogens is 1. The molecule has 2 rings (SSSR count). The zero-order valence-electron chi connectivity index (χ0n) is 11.2. The first-order valence-electron chi connectivity index (χ1n) is 6.37. The number of hydrogen-bond donors (Lipinski definition) is 1. The summed E-state index contributed by atoms with van der Waals surface area (Å²) < 4.78 is 0. The summed E-state index contributed by atoms with van der Waals surface area (Å²) in [7, 11) is 2.00. The summed E-state index contributed by atoms with van der Waals surface area (Å²) in [6.07, 6.45) is 1.04. The molecule has 0 fully saturated rings. The number of phenolic OH excluding ortho intramolecular Hbond substituents is 1. The Balaban J connectivity index is 2.15. The number of rotatable bonds is 4. The summed E-state index contributed by atoms with van der Waals surface area (Å²) in [5.41, 5.74) is 3.27. The third-order valence-corrected chi connectivity index (χ3v) is 3.47. The van der Waals surface area contributed by atoms with E-state index in [0.29, 0.717) is 11.6 Å². The molecule has 0 aromatic heterocycles. The normalized spacial score (nSPS) is 10.5. The Bertz CT molecular complexity index is 551. The van der Waals surface area contributed by atoms with E-state index in [1.54, 1.807) is 18.2 Å². The Hall–Kier alpha value is -1.67. The van der Waals surface area contributed by atoms with Gasteiger partial charge in [0.15, 0.2) is 0 Å². The molecule has 0 saturated heterocycles. The highest BCUT2D eigenvalue weighted by atomic mass is 35.5. The molecule has 0 aliphatic heterocycles. The molecule has 0 radical (unpaired) electrons. The molecule has 0 amide bonds. The van der Waals surface area contributed by atoms with Crippen molar-refractivity contribution in [3.63, 3.8) is 0 Å². The number of nitrogens with zero attached hydrogens (tertiary/aromatic N) is 1. The predicted octanol–water partition coefficient (Wildman–Crippen LogP) is 4.24. The van der Waals surface area contributed by atoms with Crippen molar-refractivity contribution in [2.75, 3.05) is 11.9 Å². The van der Waals surface area contributed by atoms with Crippen LogP contribution < -0.4 is 4.90 Å². The molecule has 0 aliphatic carbocycles. The fourth-order valence-corrected chi connectivity index (χ4v) is 2.21. The smallest absolute Gasteiger partial charge is 0.120 e. The lowest BCUT2D eigenvalue weighted by Gasteiger charge is -2.20. The fraction of sp³-hybridized carbons (Fsp3) is 0.250. The predicted molar refractivity (Wildman–Crippen MR) is 81.0 cm³/mol. The van der Waals surface area contributed by atoms with Gasteiger partial charge in [-0.1, -0.05) is 30.7 Å². The fourth-order valence-electron chi connectivity index (χ4n) is 2.01. The van der Waals surface area contributed by atoms with Gasteiger partial charge in [-0.2, -0.15) is 0 Å². The molecular weight excluding hydrogens is 258 g/mol. The average molecular weight is 276 g/mol. The van der Waals surface area contributed by atoms with Crippen molar-refractivity contribution in [3.8, 4) is 5.75 Å². The molecule has 0 heterocycles. The van der Waals surface area contributed by atoms with Crippen molar-refractivity contribution in [1.82, 2.24) is 0 Å². The van der Waals surface area contributed by atoms with Gasteiger partial charge in [-0.05, 0) is 42.3 Å². The quantitative estimate of drug-likeness (QED) is 0.902. The number of benzene rings is 2. The Kier molecular flexibility index (Phi) is 4.33. The van der Waals surface area contributed by atoms with Crippen molar-refractivity contribution >= 4 is 17.3 Å². The first-order valence-corrected chi connectivity index (χ1v) is 6.75. The molecule has 2 aromatic rings. The van der Waals surface area contributed by atoms with Crippen molar-refractivity contribution in [2.45, 2.75) is 19.9 Å². The van der Waals surface area contributed by atoms with E-state index in [2.05, 4.69) is 36.1 Å². The number of phenols is 1. The summed E-state index contributed by atoms with van der Waals surface area (Å²) in [5.74, 6) is 0.279. The van der Waals surface area contributed by atoms with Crippen LogP contribution in [-0.2, 0) is 13.0 Å². The van der Waals surface area contributed by atoms with E-state index in [1.807, 2.05) is 7.05 Å². The third-order valence-electron chi connectivity index (χ3n) is 3.23. The molecule has 100 valence electrons. The maximum atomic E-state index is 9.83. The Morgan fingerprint density at radius 3 is 2.42 bits per heavy atom. The highest BCUT2D eigenvalue weighted by Crippen LogP contribution is 2.24. The molecule has 0 atom stereocenters. The molecular formula is C16H18ClNO. The van der Waals surface area contributed by atoms with Crippen LogP contribution in [0.1, 0.15) is 18.1 Å². The van der Waals surface area contributed by atoms with Crippen LogP contribution >= 0.6 is 11.6 Å². The molecule has 0 unspecified atom stereocenters. The minimum Gasteiger partial charge on any atom is -0.508 e. The lowest BCUT2D eigenvalue weighted by Crippen LogP contribution is -2.16. The number of anilines is 1. The van der Waals surface area contributed by atoms with Crippen LogP contribution in [-0.4, -0.2) is 12.2 Å². The monoisotopic (exact) mass is 275 g/mol. The van der Waals surface area contributed by atoms with Crippen molar-refractivity contribution in [2.24, 2.45) is 0 Å². The summed E-state index contributed by atoms with van der Waals surface area (Å²) in [4.78, 5) is 2.09. The van der Waals surface area contributed by atoms with E-state index in [4.69, 9.17) is 11.6 Å². The van der Waals surface area contributed by atoms with Crippen molar-refractivity contribution in [1.29, 1.82) is 0 Å².